The minimum Gasteiger partial charge on any atom is -0.450 e. The number of carbonyl (C=O) groups is 1. The number of carboxylic acid groups (broad SMARTS) is 1. The lowest BCUT2D eigenvalue weighted by Crippen LogP contribution is -2.57. The molecule has 1 aliphatic carbocycles. The summed E-state index contributed by atoms with van der Waals surface area (Å²) in [5.41, 5.74) is 5.70. The lowest BCUT2D eigenvalue weighted by molar-refractivity contribution is -0.150. The van der Waals surface area contributed by atoms with Crippen LogP contribution in [0.5, 0.6) is 0 Å². The van der Waals surface area contributed by atoms with Crippen LogP contribution in [0.3, 0.4) is 0 Å². The first-order valence-electron chi connectivity index (χ1n) is 5.44. The highest BCUT2D eigenvalue weighted by Crippen LogP contribution is 2.33. The van der Waals surface area contributed by atoms with E-state index >= 15 is 0 Å². The zero-order chi connectivity index (χ0) is 12.3. The molecule has 1 aromatic rings. The van der Waals surface area contributed by atoms with Gasteiger partial charge in [0.25, 0.3) is 0 Å². The summed E-state index contributed by atoms with van der Waals surface area (Å²) in [4.78, 5) is 10.4. The molecule has 0 heterocycles. The van der Waals surface area contributed by atoms with E-state index < -0.39 is 11.9 Å². The van der Waals surface area contributed by atoms with Crippen LogP contribution in [-0.2, 0) is 16.1 Å². The van der Waals surface area contributed by atoms with Crippen LogP contribution in [0, 0.1) is 0 Å². The fourth-order valence-corrected chi connectivity index (χ4v) is 1.87. The number of benzene rings is 1. The molecule has 3 N–H and O–H groups in total. The van der Waals surface area contributed by atoms with Crippen molar-refractivity contribution in [1.29, 1.82) is 0 Å². The second-order valence-electron chi connectivity index (χ2n) is 4.26. The molecule has 0 unspecified atom stereocenters. The molecule has 17 heavy (non-hydrogen) atoms. The first-order chi connectivity index (χ1) is 8.07. The predicted octanol–water partition coefficient (Wildman–Crippen LogP) is 1.72. The van der Waals surface area contributed by atoms with Crippen molar-refractivity contribution in [2.24, 2.45) is 5.73 Å². The van der Waals surface area contributed by atoms with Gasteiger partial charge in [-0.15, -0.1) is 0 Å². The highest BCUT2D eigenvalue weighted by Gasteiger charge is 2.45. The van der Waals surface area contributed by atoms with E-state index in [2.05, 4.69) is 4.74 Å². The lowest BCUT2D eigenvalue weighted by atomic mass is 9.85. The largest absolute Gasteiger partial charge is 0.507 e. The highest BCUT2D eigenvalue weighted by molar-refractivity contribution is 5.57. The van der Waals surface area contributed by atoms with Crippen LogP contribution in [-0.4, -0.2) is 23.1 Å². The van der Waals surface area contributed by atoms with Crippen molar-refractivity contribution in [1.82, 2.24) is 0 Å². The maximum Gasteiger partial charge on any atom is 0.507 e. The summed E-state index contributed by atoms with van der Waals surface area (Å²) in [7, 11) is 0. The molecule has 0 atom stereocenters. The van der Waals surface area contributed by atoms with Gasteiger partial charge in [0, 0.05) is 12.8 Å². The maximum atomic E-state index is 10.4. The Labute approximate surface area is 99.1 Å². The SMILES string of the molecule is NC1(OC(=O)O)CC(OCc2ccccc2)C1. The van der Waals surface area contributed by atoms with Crippen LogP contribution in [0.4, 0.5) is 4.79 Å². The van der Waals surface area contributed by atoms with E-state index in [-0.39, 0.29) is 6.10 Å². The molecule has 0 amide bonds. The number of ether oxygens (including phenoxy) is 2. The van der Waals surface area contributed by atoms with Gasteiger partial charge in [-0.25, -0.2) is 4.79 Å². The van der Waals surface area contributed by atoms with E-state index in [0.29, 0.717) is 19.4 Å². The topological polar surface area (TPSA) is 81.8 Å². The van der Waals surface area contributed by atoms with Gasteiger partial charge < -0.3 is 14.6 Å². The summed E-state index contributed by atoms with van der Waals surface area (Å²) in [6, 6.07) is 9.78. The Morgan fingerprint density at radius 2 is 2.06 bits per heavy atom. The Morgan fingerprint density at radius 1 is 1.41 bits per heavy atom. The molecule has 1 aliphatic rings. The molecule has 92 valence electrons. The molecule has 0 aromatic heterocycles. The number of hydrogen-bond acceptors (Lipinski definition) is 4. The average Bonchev–Trinajstić information content (AvgIpc) is 2.24. The second kappa shape index (κ2) is 4.73. The molecule has 1 fully saturated rings. The summed E-state index contributed by atoms with van der Waals surface area (Å²) in [6.07, 6.45) is -0.549. The monoisotopic (exact) mass is 237 g/mol. The third-order valence-electron chi connectivity index (χ3n) is 2.77. The fourth-order valence-electron chi connectivity index (χ4n) is 1.87. The quantitative estimate of drug-likeness (QED) is 0.615. The summed E-state index contributed by atoms with van der Waals surface area (Å²) in [5.74, 6) is 0. The van der Waals surface area contributed by atoms with Crippen molar-refractivity contribution in [3.8, 4) is 0 Å². The Hall–Kier alpha value is -1.59. The van der Waals surface area contributed by atoms with Crippen LogP contribution < -0.4 is 5.73 Å². The third kappa shape index (κ3) is 3.18. The summed E-state index contributed by atoms with van der Waals surface area (Å²) >= 11 is 0. The van der Waals surface area contributed by atoms with Crippen LogP contribution in [0.1, 0.15) is 18.4 Å². The smallest absolute Gasteiger partial charge is 0.450 e. The molecule has 5 nitrogen and oxygen atoms in total. The van der Waals surface area contributed by atoms with Gasteiger partial charge in [0.2, 0.25) is 0 Å². The Bertz CT molecular complexity index is 387. The molecule has 0 radical (unpaired) electrons. The minimum atomic E-state index is -1.34. The maximum absolute atomic E-state index is 10.4. The molecular weight excluding hydrogens is 222 g/mol. The van der Waals surface area contributed by atoms with Gasteiger partial charge in [-0.3, -0.25) is 5.73 Å². The van der Waals surface area contributed by atoms with E-state index in [1.54, 1.807) is 0 Å². The van der Waals surface area contributed by atoms with Gasteiger partial charge in [-0.05, 0) is 5.56 Å². The zero-order valence-corrected chi connectivity index (χ0v) is 9.33. The fraction of sp³-hybridized carbons (Fsp3) is 0.417. The van der Waals surface area contributed by atoms with Crippen molar-refractivity contribution in [3.63, 3.8) is 0 Å². The molecule has 0 bridgehead atoms. The van der Waals surface area contributed by atoms with Gasteiger partial charge in [0.1, 0.15) is 0 Å². The van der Waals surface area contributed by atoms with Crippen molar-refractivity contribution in [2.75, 3.05) is 0 Å². The van der Waals surface area contributed by atoms with E-state index in [4.69, 9.17) is 15.6 Å². The third-order valence-corrected chi connectivity index (χ3v) is 2.77. The van der Waals surface area contributed by atoms with Gasteiger partial charge in [0.15, 0.2) is 5.72 Å². The zero-order valence-electron chi connectivity index (χ0n) is 9.33. The van der Waals surface area contributed by atoms with Crippen LogP contribution >= 0.6 is 0 Å². The summed E-state index contributed by atoms with van der Waals surface area (Å²) in [5, 5.41) is 8.47. The normalized spacial score (nSPS) is 27.2. The van der Waals surface area contributed by atoms with Crippen LogP contribution in [0.2, 0.25) is 0 Å². The standard InChI is InChI=1S/C12H15NO4/c13-12(17-11(14)15)6-10(7-12)16-8-9-4-2-1-3-5-9/h1-5,10H,6-8,13H2,(H,14,15). The first-order valence-corrected chi connectivity index (χ1v) is 5.44. The van der Waals surface area contributed by atoms with E-state index in [9.17, 15) is 4.79 Å². The van der Waals surface area contributed by atoms with Gasteiger partial charge in [-0.1, -0.05) is 30.3 Å². The van der Waals surface area contributed by atoms with Crippen molar-refractivity contribution in [2.45, 2.75) is 31.3 Å². The molecule has 2 rings (SSSR count). The molecule has 0 saturated heterocycles. The predicted molar refractivity (Wildman–Crippen MR) is 60.3 cm³/mol. The minimum absolute atomic E-state index is 0.0282. The lowest BCUT2D eigenvalue weighted by Gasteiger charge is -2.42. The molecule has 1 saturated carbocycles. The second-order valence-corrected chi connectivity index (χ2v) is 4.26. The van der Waals surface area contributed by atoms with Gasteiger partial charge in [-0.2, -0.15) is 0 Å². The van der Waals surface area contributed by atoms with Gasteiger partial charge >= 0.3 is 6.16 Å². The van der Waals surface area contributed by atoms with E-state index in [1.165, 1.54) is 0 Å². The summed E-state index contributed by atoms with van der Waals surface area (Å²) in [6.45, 7) is 0.509. The molecule has 5 heteroatoms. The molecular formula is C12H15NO4. The Morgan fingerprint density at radius 3 is 2.65 bits per heavy atom. The van der Waals surface area contributed by atoms with Crippen molar-refractivity contribution < 1.29 is 19.4 Å². The van der Waals surface area contributed by atoms with Crippen molar-refractivity contribution >= 4 is 6.16 Å². The molecule has 0 spiro atoms. The highest BCUT2D eigenvalue weighted by atomic mass is 16.7. The first kappa shape index (κ1) is 11.9. The molecule has 0 aliphatic heterocycles. The Kier molecular flexibility index (Phi) is 3.31. The number of rotatable bonds is 4. The number of hydrogen-bond donors (Lipinski definition) is 2. The van der Waals surface area contributed by atoms with Gasteiger partial charge in [0.05, 0.1) is 12.7 Å². The number of nitrogens with two attached hydrogens (primary N) is 1. The van der Waals surface area contributed by atoms with E-state index in [0.717, 1.165) is 5.56 Å². The van der Waals surface area contributed by atoms with Crippen LogP contribution in [0.15, 0.2) is 30.3 Å². The molecule has 1 aromatic carbocycles. The Balaban J connectivity index is 1.72. The van der Waals surface area contributed by atoms with Crippen molar-refractivity contribution in [3.05, 3.63) is 35.9 Å². The van der Waals surface area contributed by atoms with Crippen LogP contribution in [0.25, 0.3) is 0 Å². The summed E-state index contributed by atoms with van der Waals surface area (Å²) < 4.78 is 10.2. The van der Waals surface area contributed by atoms with E-state index in [1.807, 2.05) is 30.3 Å². The average molecular weight is 237 g/mol.